The summed E-state index contributed by atoms with van der Waals surface area (Å²) in [4.78, 5) is 27.0. The molecule has 0 bridgehead atoms. The molecule has 9 heteroatoms. The molecule has 1 aromatic carbocycles. The van der Waals surface area contributed by atoms with Crippen LogP contribution in [-0.2, 0) is 9.59 Å². The first-order chi connectivity index (χ1) is 12.5. The largest absolute Gasteiger partial charge is 0.377 e. The van der Waals surface area contributed by atoms with Gasteiger partial charge in [-0.05, 0) is 42.6 Å². The van der Waals surface area contributed by atoms with Crippen molar-refractivity contribution >= 4 is 63.1 Å². The van der Waals surface area contributed by atoms with Crippen molar-refractivity contribution in [2.45, 2.75) is 18.6 Å². The topological polar surface area (TPSA) is 88.1 Å². The predicted octanol–water partition coefficient (Wildman–Crippen LogP) is 3.51. The number of nitrogens with two attached hydrogens (primary N) is 1. The number of anilines is 1. The van der Waals surface area contributed by atoms with E-state index in [0.717, 1.165) is 27.3 Å². The zero-order valence-corrected chi connectivity index (χ0v) is 16.1. The standard InChI is InChI=1S/C17H15ClN4O2S2/c1-10(13-3-2-8-25-13)20-21-17(19)26-14-9-15(23)22(16(14)24)12-6-4-11(18)5-7-12/h2-8,14H,9H2,1H3,(H2,19,21). The van der Waals surface area contributed by atoms with Gasteiger partial charge < -0.3 is 5.73 Å². The van der Waals surface area contributed by atoms with E-state index in [0.29, 0.717) is 10.7 Å². The van der Waals surface area contributed by atoms with Crippen LogP contribution in [0.25, 0.3) is 0 Å². The van der Waals surface area contributed by atoms with Crippen LogP contribution >= 0.6 is 34.7 Å². The quantitative estimate of drug-likeness (QED) is 0.364. The number of imide groups is 1. The molecule has 1 aliphatic rings. The number of hydrogen-bond donors (Lipinski definition) is 1. The Morgan fingerprint density at radius 1 is 1.27 bits per heavy atom. The number of amidine groups is 1. The van der Waals surface area contributed by atoms with Crippen molar-refractivity contribution in [2.24, 2.45) is 15.9 Å². The van der Waals surface area contributed by atoms with Crippen molar-refractivity contribution < 1.29 is 9.59 Å². The summed E-state index contributed by atoms with van der Waals surface area (Å²) in [5.41, 5.74) is 7.11. The number of hydrogen-bond acceptors (Lipinski definition) is 6. The van der Waals surface area contributed by atoms with Crippen LogP contribution in [0.4, 0.5) is 5.69 Å². The molecule has 0 aliphatic carbocycles. The number of carbonyl (C=O) groups is 2. The zero-order chi connectivity index (χ0) is 18.7. The Kier molecular flexibility index (Phi) is 5.75. The van der Waals surface area contributed by atoms with Crippen molar-refractivity contribution in [2.75, 3.05) is 4.90 Å². The highest BCUT2D eigenvalue weighted by atomic mass is 35.5. The minimum absolute atomic E-state index is 0.0654. The Morgan fingerprint density at radius 3 is 2.65 bits per heavy atom. The molecule has 2 N–H and O–H groups in total. The third-order valence-corrected chi connectivity index (χ3v) is 5.84. The Morgan fingerprint density at radius 2 is 2.00 bits per heavy atom. The van der Waals surface area contributed by atoms with Gasteiger partial charge in [-0.15, -0.1) is 16.4 Å². The van der Waals surface area contributed by atoms with Crippen molar-refractivity contribution in [3.63, 3.8) is 0 Å². The molecule has 1 fully saturated rings. The molecule has 1 aliphatic heterocycles. The van der Waals surface area contributed by atoms with Gasteiger partial charge in [0, 0.05) is 11.4 Å². The van der Waals surface area contributed by atoms with Gasteiger partial charge in [-0.2, -0.15) is 5.10 Å². The van der Waals surface area contributed by atoms with Crippen LogP contribution in [0.5, 0.6) is 0 Å². The van der Waals surface area contributed by atoms with Gasteiger partial charge in [-0.3, -0.25) is 9.59 Å². The molecule has 2 heterocycles. The molecule has 2 aromatic rings. The molecule has 134 valence electrons. The summed E-state index contributed by atoms with van der Waals surface area (Å²) in [6.07, 6.45) is 0.0654. The molecular weight excluding hydrogens is 392 g/mol. The van der Waals surface area contributed by atoms with Gasteiger partial charge >= 0.3 is 0 Å². The third-order valence-electron chi connectivity index (χ3n) is 3.63. The summed E-state index contributed by atoms with van der Waals surface area (Å²) >= 11 is 8.45. The number of halogens is 1. The van der Waals surface area contributed by atoms with E-state index in [2.05, 4.69) is 10.2 Å². The smallest absolute Gasteiger partial charge is 0.247 e. The van der Waals surface area contributed by atoms with Gasteiger partial charge in [0.25, 0.3) is 0 Å². The van der Waals surface area contributed by atoms with E-state index >= 15 is 0 Å². The molecule has 6 nitrogen and oxygen atoms in total. The van der Waals surface area contributed by atoms with E-state index < -0.39 is 5.25 Å². The summed E-state index contributed by atoms with van der Waals surface area (Å²) < 4.78 is 0. The molecule has 2 amide bonds. The average molecular weight is 407 g/mol. The Balaban J connectivity index is 1.69. The van der Waals surface area contributed by atoms with Gasteiger partial charge in [0.15, 0.2) is 5.17 Å². The minimum Gasteiger partial charge on any atom is -0.377 e. The van der Waals surface area contributed by atoms with Crippen molar-refractivity contribution in [3.8, 4) is 0 Å². The Labute approximate surface area is 163 Å². The lowest BCUT2D eigenvalue weighted by atomic mass is 10.3. The van der Waals surface area contributed by atoms with Gasteiger partial charge in [0.05, 0.1) is 16.3 Å². The number of rotatable bonds is 4. The summed E-state index contributed by atoms with van der Waals surface area (Å²) in [6.45, 7) is 1.83. The molecule has 0 saturated carbocycles. The molecular formula is C17H15ClN4O2S2. The van der Waals surface area contributed by atoms with E-state index in [4.69, 9.17) is 17.3 Å². The number of carbonyl (C=O) groups excluding carboxylic acids is 2. The van der Waals surface area contributed by atoms with Crippen LogP contribution in [0.15, 0.2) is 52.0 Å². The highest BCUT2D eigenvalue weighted by Gasteiger charge is 2.40. The fraction of sp³-hybridized carbons (Fsp3) is 0.176. The molecule has 0 radical (unpaired) electrons. The van der Waals surface area contributed by atoms with Gasteiger partial charge in [0.2, 0.25) is 11.8 Å². The van der Waals surface area contributed by atoms with Crippen LogP contribution < -0.4 is 10.6 Å². The van der Waals surface area contributed by atoms with E-state index in [9.17, 15) is 9.59 Å². The zero-order valence-electron chi connectivity index (χ0n) is 13.8. The first-order valence-corrected chi connectivity index (χ1v) is 9.80. The minimum atomic E-state index is -0.612. The van der Waals surface area contributed by atoms with Crippen LogP contribution in [-0.4, -0.2) is 27.9 Å². The fourth-order valence-corrected chi connectivity index (χ4v) is 3.99. The lowest BCUT2D eigenvalue weighted by Crippen LogP contribution is -2.31. The van der Waals surface area contributed by atoms with E-state index in [1.807, 2.05) is 24.4 Å². The second-order valence-electron chi connectivity index (χ2n) is 5.46. The average Bonchev–Trinajstić information content (AvgIpc) is 3.23. The Bertz CT molecular complexity index is 879. The first kappa shape index (κ1) is 18.6. The lowest BCUT2D eigenvalue weighted by molar-refractivity contribution is -0.121. The van der Waals surface area contributed by atoms with Gasteiger partial charge in [-0.1, -0.05) is 29.4 Å². The summed E-state index contributed by atoms with van der Waals surface area (Å²) in [6, 6.07) is 10.4. The summed E-state index contributed by atoms with van der Waals surface area (Å²) in [7, 11) is 0. The third kappa shape index (κ3) is 4.14. The molecule has 26 heavy (non-hydrogen) atoms. The highest BCUT2D eigenvalue weighted by molar-refractivity contribution is 8.14. The molecule has 0 spiro atoms. The summed E-state index contributed by atoms with van der Waals surface area (Å²) in [5.74, 6) is -0.597. The number of benzene rings is 1. The number of amides is 2. The van der Waals surface area contributed by atoms with Crippen LogP contribution in [0.1, 0.15) is 18.2 Å². The SMILES string of the molecule is CC(=NN=C(N)SC1CC(=O)N(c2ccc(Cl)cc2)C1=O)c1cccs1. The maximum absolute atomic E-state index is 12.6. The number of nitrogens with zero attached hydrogens (tertiary/aromatic N) is 3. The first-order valence-electron chi connectivity index (χ1n) is 7.66. The van der Waals surface area contributed by atoms with E-state index in [1.54, 1.807) is 35.6 Å². The van der Waals surface area contributed by atoms with Crippen molar-refractivity contribution in [1.82, 2.24) is 0 Å². The number of thiophene rings is 1. The maximum atomic E-state index is 12.6. The van der Waals surface area contributed by atoms with Crippen molar-refractivity contribution in [1.29, 1.82) is 0 Å². The number of thioether (sulfide) groups is 1. The summed E-state index contributed by atoms with van der Waals surface area (Å²) in [5, 5.41) is 10.1. The van der Waals surface area contributed by atoms with Crippen LogP contribution in [0, 0.1) is 0 Å². The molecule has 1 saturated heterocycles. The van der Waals surface area contributed by atoms with Crippen LogP contribution in [0.2, 0.25) is 5.02 Å². The second-order valence-corrected chi connectivity index (χ2v) is 8.06. The molecule has 3 rings (SSSR count). The Hall–Kier alpha value is -2.16. The maximum Gasteiger partial charge on any atom is 0.247 e. The van der Waals surface area contributed by atoms with Gasteiger partial charge in [0.1, 0.15) is 5.25 Å². The molecule has 1 aromatic heterocycles. The second kappa shape index (κ2) is 8.03. The predicted molar refractivity (Wildman–Crippen MR) is 108 cm³/mol. The van der Waals surface area contributed by atoms with Crippen molar-refractivity contribution in [3.05, 3.63) is 51.7 Å². The normalized spacial score (nSPS) is 18.7. The van der Waals surface area contributed by atoms with Gasteiger partial charge in [-0.25, -0.2) is 4.90 Å². The molecule has 1 atom stereocenters. The van der Waals surface area contributed by atoms with E-state index in [-0.39, 0.29) is 23.4 Å². The monoisotopic (exact) mass is 406 g/mol. The fourth-order valence-electron chi connectivity index (χ4n) is 2.38. The lowest BCUT2D eigenvalue weighted by Gasteiger charge is -2.14. The van der Waals surface area contributed by atoms with E-state index in [1.165, 1.54) is 0 Å². The van der Waals surface area contributed by atoms with Crippen LogP contribution in [0.3, 0.4) is 0 Å². The molecule has 1 unspecified atom stereocenters. The highest BCUT2D eigenvalue weighted by Crippen LogP contribution is 2.30.